The molecule has 0 aromatic carbocycles. The quantitative estimate of drug-likeness (QED) is 0.802. The average Bonchev–Trinajstić information content (AvgIpc) is 2.41. The van der Waals surface area contributed by atoms with Gasteiger partial charge in [0.1, 0.15) is 5.60 Å². The van der Waals surface area contributed by atoms with Crippen LogP contribution in [0.3, 0.4) is 0 Å². The number of hydrogen-bond donors (Lipinski definition) is 2. The van der Waals surface area contributed by atoms with E-state index in [1.165, 1.54) is 11.8 Å². The van der Waals surface area contributed by atoms with Gasteiger partial charge in [-0.15, -0.1) is 0 Å². The Bertz CT molecular complexity index is 389. The van der Waals surface area contributed by atoms with Gasteiger partial charge in [0.15, 0.2) is 5.17 Å². The zero-order chi connectivity index (χ0) is 14.0. The van der Waals surface area contributed by atoms with Crippen molar-refractivity contribution in [2.45, 2.75) is 45.3 Å². The van der Waals surface area contributed by atoms with Crippen LogP contribution in [0.1, 0.15) is 34.1 Å². The molecule has 1 aliphatic heterocycles. The van der Waals surface area contributed by atoms with E-state index in [2.05, 4.69) is 10.3 Å². The zero-order valence-electron chi connectivity index (χ0n) is 10.9. The predicted octanol–water partition coefficient (Wildman–Crippen LogP) is 1.85. The largest absolute Gasteiger partial charge is 0.481 e. The number of aliphatic carboxylic acids is 1. The topological polar surface area (TPSA) is 88.0 Å². The van der Waals surface area contributed by atoms with Gasteiger partial charge in [-0.25, -0.2) is 4.79 Å². The number of ether oxygens (including phenoxy) is 1. The molecule has 102 valence electrons. The zero-order valence-corrected chi connectivity index (χ0v) is 11.8. The second-order valence-electron chi connectivity index (χ2n) is 5.40. The molecule has 6 nitrogen and oxygen atoms in total. The first-order chi connectivity index (χ1) is 8.10. The van der Waals surface area contributed by atoms with E-state index >= 15 is 0 Å². The first-order valence-electron chi connectivity index (χ1n) is 5.54. The van der Waals surface area contributed by atoms with Crippen LogP contribution in [0.2, 0.25) is 0 Å². The first-order valence-corrected chi connectivity index (χ1v) is 6.53. The number of amides is 1. The van der Waals surface area contributed by atoms with Crippen molar-refractivity contribution < 1.29 is 19.4 Å². The Kier molecular flexibility index (Phi) is 4.26. The lowest BCUT2D eigenvalue weighted by atomic mass is 10.0. The van der Waals surface area contributed by atoms with Crippen molar-refractivity contribution in [2.75, 3.05) is 5.75 Å². The van der Waals surface area contributed by atoms with Crippen LogP contribution in [0, 0.1) is 0 Å². The molecule has 1 aliphatic rings. The van der Waals surface area contributed by atoms with Crippen molar-refractivity contribution in [3.63, 3.8) is 0 Å². The highest BCUT2D eigenvalue weighted by Crippen LogP contribution is 2.29. The van der Waals surface area contributed by atoms with E-state index in [1.54, 1.807) is 27.7 Å². The number of rotatable bonds is 2. The summed E-state index contributed by atoms with van der Waals surface area (Å²) < 4.78 is 5.09. The molecule has 0 aromatic heterocycles. The molecule has 2 N–H and O–H groups in total. The standard InChI is InChI=1S/C11H18N2O4S/c1-10(2,3)17-9(16)12-8-13-11(4,6-18-8)5-7(14)15/h5-6H2,1-4H3,(H,14,15)(H,12,13,16). The van der Waals surface area contributed by atoms with E-state index in [9.17, 15) is 9.59 Å². The Morgan fingerprint density at radius 2 is 2.17 bits per heavy atom. The van der Waals surface area contributed by atoms with Gasteiger partial charge in [0.05, 0.1) is 12.0 Å². The van der Waals surface area contributed by atoms with Gasteiger partial charge >= 0.3 is 12.1 Å². The van der Waals surface area contributed by atoms with Crippen molar-refractivity contribution in [3.05, 3.63) is 0 Å². The van der Waals surface area contributed by atoms with Crippen LogP contribution in [0.4, 0.5) is 4.79 Å². The number of alkyl carbamates (subject to hydrolysis) is 1. The minimum absolute atomic E-state index is 0.0561. The average molecular weight is 274 g/mol. The number of carbonyl (C=O) groups is 2. The lowest BCUT2D eigenvalue weighted by Gasteiger charge is -2.19. The third-order valence-electron chi connectivity index (χ3n) is 2.03. The molecule has 0 bridgehead atoms. The summed E-state index contributed by atoms with van der Waals surface area (Å²) in [6.07, 6.45) is -0.632. The summed E-state index contributed by atoms with van der Waals surface area (Å²) in [5.41, 5.74) is -1.24. The fourth-order valence-corrected chi connectivity index (χ4v) is 2.46. The molecule has 0 saturated carbocycles. The maximum absolute atomic E-state index is 11.5. The molecule has 0 radical (unpaired) electrons. The summed E-state index contributed by atoms with van der Waals surface area (Å²) in [5, 5.41) is 11.7. The summed E-state index contributed by atoms with van der Waals surface area (Å²) in [5.74, 6) is -0.370. The summed E-state index contributed by atoms with van der Waals surface area (Å²) in [7, 11) is 0. The number of nitrogens with one attached hydrogen (secondary N) is 1. The predicted molar refractivity (Wildman–Crippen MR) is 69.9 cm³/mol. The van der Waals surface area contributed by atoms with Crippen molar-refractivity contribution in [3.8, 4) is 0 Å². The summed E-state index contributed by atoms with van der Waals surface area (Å²) >= 11 is 1.32. The normalized spacial score (nSPS) is 23.4. The van der Waals surface area contributed by atoms with Crippen LogP contribution in [-0.4, -0.2) is 39.2 Å². The molecule has 0 spiro atoms. The third-order valence-corrected chi connectivity index (χ3v) is 3.26. The fraction of sp³-hybridized carbons (Fsp3) is 0.727. The van der Waals surface area contributed by atoms with E-state index in [1.807, 2.05) is 0 Å². The molecule has 1 rings (SSSR count). The number of hydrogen-bond acceptors (Lipinski definition) is 5. The summed E-state index contributed by atoms with van der Waals surface area (Å²) in [4.78, 5) is 26.4. The Hall–Kier alpha value is -1.24. The Balaban J connectivity index is 2.57. The van der Waals surface area contributed by atoms with Crippen molar-refractivity contribution in [2.24, 2.45) is 4.99 Å². The highest BCUT2D eigenvalue weighted by Gasteiger charge is 2.34. The molecule has 1 heterocycles. The van der Waals surface area contributed by atoms with Gasteiger partial charge in [-0.1, -0.05) is 11.8 Å². The molecule has 18 heavy (non-hydrogen) atoms. The molecule has 0 aliphatic carbocycles. The Labute approximate surface area is 110 Å². The summed E-state index contributed by atoms with van der Waals surface area (Å²) in [6.45, 7) is 7.05. The first kappa shape index (κ1) is 14.8. The molecular formula is C11H18N2O4S. The third kappa shape index (κ3) is 4.95. The molecule has 1 amide bonds. The number of nitrogens with zero attached hydrogens (tertiary/aromatic N) is 1. The van der Waals surface area contributed by atoms with Crippen LogP contribution >= 0.6 is 11.8 Å². The van der Waals surface area contributed by atoms with E-state index in [0.29, 0.717) is 10.9 Å². The molecule has 1 atom stereocenters. The number of carboxylic acids is 1. The van der Waals surface area contributed by atoms with E-state index in [0.717, 1.165) is 0 Å². The minimum atomic E-state index is -0.902. The van der Waals surface area contributed by atoms with Gasteiger partial charge in [0, 0.05) is 5.75 Å². The maximum Gasteiger partial charge on any atom is 0.413 e. The van der Waals surface area contributed by atoms with Gasteiger partial charge < -0.3 is 9.84 Å². The molecule has 7 heteroatoms. The molecule has 1 unspecified atom stereocenters. The second kappa shape index (κ2) is 5.17. The monoisotopic (exact) mass is 274 g/mol. The molecule has 0 saturated heterocycles. The van der Waals surface area contributed by atoms with Crippen LogP contribution in [0.25, 0.3) is 0 Å². The number of amidine groups is 1. The SMILES string of the molecule is CC1(CC(=O)O)CSC(NC(=O)OC(C)(C)C)=N1. The van der Waals surface area contributed by atoms with Crippen molar-refractivity contribution >= 4 is 29.0 Å². The molecular weight excluding hydrogens is 256 g/mol. The second-order valence-corrected chi connectivity index (χ2v) is 6.36. The fourth-order valence-electron chi connectivity index (χ4n) is 1.40. The maximum atomic E-state index is 11.5. The van der Waals surface area contributed by atoms with Crippen molar-refractivity contribution in [1.82, 2.24) is 5.32 Å². The lowest BCUT2D eigenvalue weighted by molar-refractivity contribution is -0.138. The molecule has 0 aromatic rings. The van der Waals surface area contributed by atoms with E-state index < -0.39 is 23.2 Å². The van der Waals surface area contributed by atoms with Gasteiger partial charge in [0.25, 0.3) is 0 Å². The highest BCUT2D eigenvalue weighted by molar-refractivity contribution is 8.14. The van der Waals surface area contributed by atoms with Crippen LogP contribution < -0.4 is 5.32 Å². The smallest absolute Gasteiger partial charge is 0.413 e. The highest BCUT2D eigenvalue weighted by atomic mass is 32.2. The van der Waals surface area contributed by atoms with E-state index in [-0.39, 0.29) is 6.42 Å². The Morgan fingerprint density at radius 3 is 2.67 bits per heavy atom. The van der Waals surface area contributed by atoms with Crippen molar-refractivity contribution in [1.29, 1.82) is 0 Å². The van der Waals surface area contributed by atoms with Gasteiger partial charge in [-0.3, -0.25) is 15.1 Å². The molecule has 0 fully saturated rings. The van der Waals surface area contributed by atoms with Gasteiger partial charge in [-0.05, 0) is 27.7 Å². The van der Waals surface area contributed by atoms with Gasteiger partial charge in [-0.2, -0.15) is 0 Å². The van der Waals surface area contributed by atoms with E-state index in [4.69, 9.17) is 9.84 Å². The van der Waals surface area contributed by atoms with Crippen LogP contribution in [0.15, 0.2) is 4.99 Å². The number of aliphatic imine (C=N–C) groups is 1. The lowest BCUT2D eigenvalue weighted by Crippen LogP contribution is -2.34. The van der Waals surface area contributed by atoms with Crippen LogP contribution in [-0.2, 0) is 9.53 Å². The van der Waals surface area contributed by atoms with Crippen LogP contribution in [0.5, 0.6) is 0 Å². The number of carbonyl (C=O) groups excluding carboxylic acids is 1. The number of carboxylic acid groups (broad SMARTS) is 1. The summed E-state index contributed by atoms with van der Waals surface area (Å²) in [6, 6.07) is 0. The Morgan fingerprint density at radius 1 is 1.56 bits per heavy atom. The minimum Gasteiger partial charge on any atom is -0.481 e. The van der Waals surface area contributed by atoms with Gasteiger partial charge in [0.2, 0.25) is 0 Å². The number of thioether (sulfide) groups is 1.